The molecule has 2 aromatic heterocycles. The van der Waals surface area contributed by atoms with Crippen molar-refractivity contribution in [2.45, 2.75) is 18.4 Å². The van der Waals surface area contributed by atoms with Gasteiger partial charge in [0.15, 0.2) is 0 Å². The smallest absolute Gasteiger partial charge is 0.332 e. The van der Waals surface area contributed by atoms with Crippen LogP contribution in [0.1, 0.15) is 6.92 Å². The van der Waals surface area contributed by atoms with Crippen LogP contribution in [0.25, 0.3) is 27.9 Å². The Labute approximate surface area is 214 Å². The molecule has 0 aliphatic carbocycles. The van der Waals surface area contributed by atoms with Crippen LogP contribution in [0.3, 0.4) is 0 Å². The highest BCUT2D eigenvalue weighted by Gasteiger charge is 2.56. The lowest BCUT2D eigenvalue weighted by molar-refractivity contribution is -0.134. The molecule has 1 fully saturated rings. The average Bonchev–Trinajstić information content (AvgIpc) is 3.28. The molecule has 0 radical (unpaired) electrons. The molecule has 0 saturated carbocycles. The standard InChI is InChI=1S/C26H22ClF3N4O3/c1-25(37)13-33(14-26(25,29)30)22-10-16(5-6-31-22)19-12-17(28)11-18(23(19)35)15-3-4-21(20(27)9-15)34-8-7-32(2)24(34)36/h3-12,35,37H,13-14H2,1-2H3. The summed E-state index contributed by atoms with van der Waals surface area (Å²) in [6.07, 6.45) is 4.52. The largest absolute Gasteiger partial charge is 0.507 e. The molecule has 3 heterocycles. The van der Waals surface area contributed by atoms with Gasteiger partial charge in [-0.15, -0.1) is 0 Å². The van der Waals surface area contributed by atoms with Crippen LogP contribution in [-0.2, 0) is 7.05 Å². The molecule has 11 heteroatoms. The van der Waals surface area contributed by atoms with E-state index in [1.165, 1.54) is 38.4 Å². The summed E-state index contributed by atoms with van der Waals surface area (Å²) in [5.41, 5.74) is -1.08. The van der Waals surface area contributed by atoms with E-state index in [0.717, 1.165) is 19.1 Å². The normalized spacial score (nSPS) is 18.9. The number of aliphatic hydroxyl groups is 1. The van der Waals surface area contributed by atoms with Crippen molar-refractivity contribution in [1.82, 2.24) is 14.1 Å². The summed E-state index contributed by atoms with van der Waals surface area (Å²) in [6, 6.07) is 9.96. The molecular formula is C26H22ClF3N4O3. The number of anilines is 1. The fourth-order valence-electron chi connectivity index (χ4n) is 4.43. The van der Waals surface area contributed by atoms with E-state index in [2.05, 4.69) is 4.98 Å². The SMILES string of the molecule is Cn1ccn(-c2ccc(-c3cc(F)cc(-c4ccnc(N5CC(C)(O)C(F)(F)C5)c4)c3O)cc2Cl)c1=O. The highest BCUT2D eigenvalue weighted by molar-refractivity contribution is 6.32. The van der Waals surface area contributed by atoms with Gasteiger partial charge >= 0.3 is 5.69 Å². The Balaban J connectivity index is 1.54. The van der Waals surface area contributed by atoms with Gasteiger partial charge in [-0.3, -0.25) is 4.57 Å². The Hall–Kier alpha value is -3.76. The highest BCUT2D eigenvalue weighted by Crippen LogP contribution is 2.42. The molecule has 5 rings (SSSR count). The lowest BCUT2D eigenvalue weighted by Gasteiger charge is -2.22. The Morgan fingerprint density at radius 3 is 2.27 bits per heavy atom. The van der Waals surface area contributed by atoms with E-state index in [1.807, 2.05) is 0 Å². The van der Waals surface area contributed by atoms with Crippen LogP contribution in [0, 0.1) is 5.82 Å². The monoisotopic (exact) mass is 530 g/mol. The Bertz CT molecular complexity index is 1570. The topological polar surface area (TPSA) is 83.5 Å². The number of phenolic OH excluding ortho intramolecular Hbond substituents is 1. The van der Waals surface area contributed by atoms with E-state index in [9.17, 15) is 28.2 Å². The van der Waals surface area contributed by atoms with E-state index in [1.54, 1.807) is 31.6 Å². The summed E-state index contributed by atoms with van der Waals surface area (Å²) in [6.45, 7) is -0.00945. The number of benzene rings is 2. The van der Waals surface area contributed by atoms with Crippen LogP contribution >= 0.6 is 11.6 Å². The predicted molar refractivity (Wildman–Crippen MR) is 134 cm³/mol. The molecule has 1 aliphatic heterocycles. The Morgan fingerprint density at radius 1 is 1.03 bits per heavy atom. The number of rotatable bonds is 4. The van der Waals surface area contributed by atoms with Crippen molar-refractivity contribution in [2.75, 3.05) is 18.0 Å². The number of aromatic nitrogens is 3. The van der Waals surface area contributed by atoms with E-state index in [4.69, 9.17) is 11.6 Å². The number of hydrogen-bond donors (Lipinski definition) is 2. The zero-order valence-electron chi connectivity index (χ0n) is 19.8. The summed E-state index contributed by atoms with van der Waals surface area (Å²) >= 11 is 6.44. The average molecular weight is 531 g/mol. The third kappa shape index (κ3) is 4.25. The molecule has 4 aromatic rings. The number of nitrogens with zero attached hydrogens (tertiary/aromatic N) is 4. The maximum absolute atomic E-state index is 14.7. The van der Waals surface area contributed by atoms with Crippen molar-refractivity contribution in [3.8, 4) is 33.7 Å². The molecule has 7 nitrogen and oxygen atoms in total. The number of aryl methyl sites for hydroxylation is 1. The van der Waals surface area contributed by atoms with Gasteiger partial charge in [-0.25, -0.2) is 22.9 Å². The lowest BCUT2D eigenvalue weighted by atomic mass is 9.97. The number of β-amino-alcohol motifs (C(OH)–C–C–N with tert-alkyl or cyclic N) is 1. The van der Waals surface area contributed by atoms with Gasteiger partial charge in [-0.2, -0.15) is 0 Å². The van der Waals surface area contributed by atoms with Crippen LogP contribution in [0.4, 0.5) is 19.0 Å². The fourth-order valence-corrected chi connectivity index (χ4v) is 4.70. The van der Waals surface area contributed by atoms with Gasteiger partial charge in [0.2, 0.25) is 0 Å². The third-order valence-corrected chi connectivity index (χ3v) is 6.90. The van der Waals surface area contributed by atoms with Gasteiger partial charge in [0.25, 0.3) is 5.92 Å². The third-order valence-electron chi connectivity index (χ3n) is 6.60. The molecule has 1 aliphatic rings. The Kier molecular flexibility index (Phi) is 5.84. The van der Waals surface area contributed by atoms with Crippen LogP contribution in [-0.4, -0.2) is 48.9 Å². The van der Waals surface area contributed by atoms with Crippen molar-refractivity contribution in [3.05, 3.63) is 82.4 Å². The van der Waals surface area contributed by atoms with Crippen LogP contribution in [0.15, 0.2) is 65.8 Å². The second-order valence-electron chi connectivity index (χ2n) is 9.31. The van der Waals surface area contributed by atoms with Crippen molar-refractivity contribution < 1.29 is 23.4 Å². The first kappa shape index (κ1) is 24.9. The van der Waals surface area contributed by atoms with Crippen molar-refractivity contribution in [2.24, 2.45) is 7.05 Å². The molecular weight excluding hydrogens is 509 g/mol. The molecule has 2 aromatic carbocycles. The van der Waals surface area contributed by atoms with Gasteiger partial charge in [-0.1, -0.05) is 17.7 Å². The Morgan fingerprint density at radius 2 is 1.70 bits per heavy atom. The summed E-state index contributed by atoms with van der Waals surface area (Å²) < 4.78 is 45.9. The molecule has 2 N–H and O–H groups in total. The minimum Gasteiger partial charge on any atom is -0.507 e. The van der Waals surface area contributed by atoms with Crippen molar-refractivity contribution in [1.29, 1.82) is 0 Å². The minimum absolute atomic E-state index is 0.121. The predicted octanol–water partition coefficient (Wildman–Crippen LogP) is 4.61. The van der Waals surface area contributed by atoms with E-state index >= 15 is 0 Å². The second-order valence-corrected chi connectivity index (χ2v) is 9.72. The second kappa shape index (κ2) is 8.67. The minimum atomic E-state index is -3.34. The first-order valence-electron chi connectivity index (χ1n) is 11.3. The summed E-state index contributed by atoms with van der Waals surface area (Å²) in [5, 5.41) is 21.4. The quantitative estimate of drug-likeness (QED) is 0.403. The molecule has 1 saturated heterocycles. The summed E-state index contributed by atoms with van der Waals surface area (Å²) in [7, 11) is 1.61. The van der Waals surface area contributed by atoms with Crippen molar-refractivity contribution in [3.63, 3.8) is 0 Å². The van der Waals surface area contributed by atoms with Gasteiger partial charge in [0.05, 0.1) is 23.8 Å². The number of halogens is 4. The van der Waals surface area contributed by atoms with Crippen LogP contribution in [0.2, 0.25) is 5.02 Å². The zero-order valence-corrected chi connectivity index (χ0v) is 20.5. The van der Waals surface area contributed by atoms with Crippen molar-refractivity contribution >= 4 is 17.4 Å². The van der Waals surface area contributed by atoms with E-state index in [0.29, 0.717) is 16.8 Å². The molecule has 0 amide bonds. The van der Waals surface area contributed by atoms with Gasteiger partial charge in [0.1, 0.15) is 23.0 Å². The fraction of sp³-hybridized carbons (Fsp3) is 0.231. The maximum Gasteiger partial charge on any atom is 0.332 e. The number of hydrogen-bond acceptors (Lipinski definition) is 5. The first-order valence-corrected chi connectivity index (χ1v) is 11.6. The molecule has 1 unspecified atom stereocenters. The number of pyridine rings is 1. The van der Waals surface area contributed by atoms with E-state index < -0.39 is 23.9 Å². The summed E-state index contributed by atoms with van der Waals surface area (Å²) in [4.78, 5) is 17.7. The van der Waals surface area contributed by atoms with Gasteiger partial charge in [-0.05, 0) is 54.4 Å². The lowest BCUT2D eigenvalue weighted by Crippen LogP contribution is -2.43. The zero-order chi connectivity index (χ0) is 26.7. The molecule has 0 spiro atoms. The maximum atomic E-state index is 14.7. The molecule has 0 bridgehead atoms. The molecule has 37 heavy (non-hydrogen) atoms. The number of phenols is 1. The molecule has 192 valence electrons. The highest BCUT2D eigenvalue weighted by atomic mass is 35.5. The van der Waals surface area contributed by atoms with Gasteiger partial charge < -0.3 is 19.7 Å². The van der Waals surface area contributed by atoms with Crippen LogP contribution < -0.4 is 10.6 Å². The molecule has 1 atom stereocenters. The first-order chi connectivity index (χ1) is 17.4. The number of alkyl halides is 2. The number of aromatic hydroxyl groups is 1. The van der Waals surface area contributed by atoms with Gasteiger partial charge in [0, 0.05) is 36.8 Å². The number of imidazole rings is 1. The van der Waals surface area contributed by atoms with E-state index in [-0.39, 0.29) is 40.0 Å². The summed E-state index contributed by atoms with van der Waals surface area (Å²) in [5.74, 6) is -4.08. The van der Waals surface area contributed by atoms with Crippen LogP contribution in [0.5, 0.6) is 5.75 Å².